The molecule has 0 fully saturated rings. The molecular weight excluding hydrogens is 312 g/mol. The molecule has 1 aromatic carbocycles. The Bertz CT molecular complexity index is 895. The Morgan fingerprint density at radius 1 is 1.22 bits per heavy atom. The van der Waals surface area contributed by atoms with Gasteiger partial charge >= 0.3 is 0 Å². The van der Waals surface area contributed by atoms with E-state index in [1.807, 2.05) is 38.1 Å². The lowest BCUT2D eigenvalue weighted by atomic mass is 10.1. The molecular formula is C16H16N4O2S. The second kappa shape index (κ2) is 5.92. The van der Waals surface area contributed by atoms with Crippen LogP contribution in [-0.2, 0) is 4.79 Å². The van der Waals surface area contributed by atoms with Crippen molar-refractivity contribution in [2.45, 2.75) is 26.7 Å². The highest BCUT2D eigenvalue weighted by atomic mass is 32.1. The summed E-state index contributed by atoms with van der Waals surface area (Å²) in [5.41, 5.74) is 1.90. The molecule has 0 aliphatic carbocycles. The average Bonchev–Trinajstić information content (AvgIpc) is 3.10. The van der Waals surface area contributed by atoms with Gasteiger partial charge in [-0.3, -0.25) is 14.9 Å². The lowest BCUT2D eigenvalue weighted by Crippen LogP contribution is -2.23. The summed E-state index contributed by atoms with van der Waals surface area (Å²) in [7, 11) is 0. The SMILES string of the molecule is Cc1[nH]c2ccccc2c1C(=O)C(=O)Nc1nnc(C(C)C)s1. The van der Waals surface area contributed by atoms with Crippen LogP contribution in [0, 0.1) is 6.92 Å². The number of anilines is 1. The van der Waals surface area contributed by atoms with E-state index in [-0.39, 0.29) is 5.92 Å². The molecule has 3 aromatic rings. The van der Waals surface area contributed by atoms with E-state index in [9.17, 15) is 9.59 Å². The topological polar surface area (TPSA) is 87.7 Å². The number of aromatic amines is 1. The first kappa shape index (κ1) is 15.4. The molecule has 23 heavy (non-hydrogen) atoms. The van der Waals surface area contributed by atoms with Gasteiger partial charge in [0.1, 0.15) is 5.01 Å². The van der Waals surface area contributed by atoms with Crippen molar-refractivity contribution in [1.29, 1.82) is 0 Å². The number of aromatic nitrogens is 3. The smallest absolute Gasteiger partial charge is 0.298 e. The fourth-order valence-corrected chi connectivity index (χ4v) is 3.10. The zero-order valence-corrected chi connectivity index (χ0v) is 13.8. The first-order chi connectivity index (χ1) is 11.0. The number of H-pyrrole nitrogens is 1. The minimum Gasteiger partial charge on any atom is -0.358 e. The maximum absolute atomic E-state index is 12.5. The maximum Gasteiger partial charge on any atom is 0.298 e. The number of hydrogen-bond acceptors (Lipinski definition) is 5. The fourth-order valence-electron chi connectivity index (χ4n) is 2.36. The number of Topliss-reactive ketones (excluding diaryl/α,β-unsaturated/α-hetero) is 1. The van der Waals surface area contributed by atoms with E-state index >= 15 is 0 Å². The zero-order chi connectivity index (χ0) is 16.6. The molecule has 0 aliphatic rings. The summed E-state index contributed by atoms with van der Waals surface area (Å²) in [6.07, 6.45) is 0. The van der Waals surface area contributed by atoms with Gasteiger partial charge in [0, 0.05) is 22.5 Å². The highest BCUT2D eigenvalue weighted by molar-refractivity contribution is 7.15. The van der Waals surface area contributed by atoms with Crippen molar-refractivity contribution in [3.05, 3.63) is 40.5 Å². The summed E-state index contributed by atoms with van der Waals surface area (Å²) >= 11 is 1.28. The summed E-state index contributed by atoms with van der Waals surface area (Å²) in [5, 5.41) is 12.3. The predicted molar refractivity (Wildman–Crippen MR) is 90.0 cm³/mol. The van der Waals surface area contributed by atoms with Crippen LogP contribution in [0.4, 0.5) is 5.13 Å². The number of carbonyl (C=O) groups excluding carboxylic acids is 2. The Labute approximate surface area is 136 Å². The van der Waals surface area contributed by atoms with Crippen LogP contribution in [-0.4, -0.2) is 26.9 Å². The number of para-hydroxylation sites is 1. The van der Waals surface area contributed by atoms with Crippen molar-refractivity contribution < 1.29 is 9.59 Å². The lowest BCUT2D eigenvalue weighted by Gasteiger charge is -2.01. The van der Waals surface area contributed by atoms with Crippen LogP contribution in [0.5, 0.6) is 0 Å². The average molecular weight is 328 g/mol. The van der Waals surface area contributed by atoms with Crippen molar-refractivity contribution in [3.63, 3.8) is 0 Å². The van der Waals surface area contributed by atoms with Gasteiger partial charge in [0.05, 0.1) is 5.56 Å². The molecule has 2 aromatic heterocycles. The number of ketones is 1. The lowest BCUT2D eigenvalue weighted by molar-refractivity contribution is -0.112. The number of aryl methyl sites for hydroxylation is 1. The van der Waals surface area contributed by atoms with Crippen LogP contribution in [0.15, 0.2) is 24.3 Å². The largest absolute Gasteiger partial charge is 0.358 e. The van der Waals surface area contributed by atoms with E-state index in [0.717, 1.165) is 15.9 Å². The summed E-state index contributed by atoms with van der Waals surface area (Å²) in [4.78, 5) is 27.9. The van der Waals surface area contributed by atoms with Crippen molar-refractivity contribution in [2.24, 2.45) is 0 Å². The molecule has 0 saturated heterocycles. The summed E-state index contributed by atoms with van der Waals surface area (Å²) in [6.45, 7) is 5.77. The van der Waals surface area contributed by atoms with Crippen molar-refractivity contribution in [3.8, 4) is 0 Å². The Balaban J connectivity index is 1.86. The Hall–Kier alpha value is -2.54. The van der Waals surface area contributed by atoms with Gasteiger partial charge in [-0.25, -0.2) is 0 Å². The monoisotopic (exact) mass is 328 g/mol. The van der Waals surface area contributed by atoms with Gasteiger partial charge in [-0.15, -0.1) is 10.2 Å². The molecule has 6 nitrogen and oxygen atoms in total. The first-order valence-corrected chi connectivity index (χ1v) is 8.05. The van der Waals surface area contributed by atoms with Crippen LogP contribution in [0.25, 0.3) is 10.9 Å². The molecule has 0 bridgehead atoms. The zero-order valence-electron chi connectivity index (χ0n) is 13.0. The quantitative estimate of drug-likeness (QED) is 0.568. The molecule has 0 radical (unpaired) electrons. The predicted octanol–water partition coefficient (Wildman–Crippen LogP) is 3.27. The number of amides is 1. The van der Waals surface area contributed by atoms with E-state index in [4.69, 9.17) is 0 Å². The molecule has 2 N–H and O–H groups in total. The third kappa shape index (κ3) is 2.87. The molecule has 118 valence electrons. The molecule has 2 heterocycles. The van der Waals surface area contributed by atoms with Gasteiger partial charge in [-0.1, -0.05) is 43.4 Å². The molecule has 0 spiro atoms. The standard InChI is InChI=1S/C16H16N4O2S/c1-8(2)15-19-20-16(23-15)18-14(22)13(21)12-9(3)17-11-7-5-4-6-10(11)12/h4-8,17H,1-3H3,(H,18,20,22). The minimum absolute atomic E-state index is 0.227. The maximum atomic E-state index is 12.5. The number of hydrogen-bond donors (Lipinski definition) is 2. The summed E-state index contributed by atoms with van der Waals surface area (Å²) in [5.74, 6) is -1.06. The third-order valence-electron chi connectivity index (χ3n) is 3.48. The highest BCUT2D eigenvalue weighted by Gasteiger charge is 2.23. The molecule has 1 amide bonds. The van der Waals surface area contributed by atoms with Gasteiger partial charge in [-0.05, 0) is 13.0 Å². The second-order valence-corrected chi connectivity index (χ2v) is 6.56. The van der Waals surface area contributed by atoms with E-state index in [0.29, 0.717) is 16.4 Å². The van der Waals surface area contributed by atoms with Crippen LogP contribution in [0.1, 0.15) is 40.8 Å². The van der Waals surface area contributed by atoms with Gasteiger partial charge in [0.2, 0.25) is 5.13 Å². The Morgan fingerprint density at radius 2 is 1.96 bits per heavy atom. The van der Waals surface area contributed by atoms with Gasteiger partial charge in [-0.2, -0.15) is 0 Å². The van der Waals surface area contributed by atoms with Gasteiger partial charge in [0.25, 0.3) is 11.7 Å². The Kier molecular flexibility index (Phi) is 3.96. The van der Waals surface area contributed by atoms with Crippen LogP contribution < -0.4 is 5.32 Å². The molecule has 0 atom stereocenters. The molecule has 0 aliphatic heterocycles. The van der Waals surface area contributed by atoms with E-state index < -0.39 is 11.7 Å². The van der Waals surface area contributed by atoms with Crippen molar-refractivity contribution in [2.75, 3.05) is 5.32 Å². The Morgan fingerprint density at radius 3 is 2.65 bits per heavy atom. The van der Waals surface area contributed by atoms with Gasteiger partial charge < -0.3 is 4.98 Å². The number of fused-ring (bicyclic) bond motifs is 1. The number of rotatable bonds is 4. The first-order valence-electron chi connectivity index (χ1n) is 7.23. The minimum atomic E-state index is -0.704. The third-order valence-corrected chi connectivity index (χ3v) is 4.62. The molecule has 0 unspecified atom stereocenters. The molecule has 7 heteroatoms. The van der Waals surface area contributed by atoms with E-state index in [2.05, 4.69) is 20.5 Å². The number of carbonyl (C=O) groups is 2. The number of nitrogens with zero attached hydrogens (tertiary/aromatic N) is 2. The van der Waals surface area contributed by atoms with Crippen molar-refractivity contribution >= 4 is 39.1 Å². The van der Waals surface area contributed by atoms with Crippen LogP contribution >= 0.6 is 11.3 Å². The second-order valence-electron chi connectivity index (χ2n) is 5.55. The fraction of sp³-hybridized carbons (Fsp3) is 0.250. The number of benzene rings is 1. The normalized spacial score (nSPS) is 11.1. The number of nitrogens with one attached hydrogen (secondary N) is 2. The van der Waals surface area contributed by atoms with Crippen molar-refractivity contribution in [1.82, 2.24) is 15.2 Å². The van der Waals surface area contributed by atoms with E-state index in [1.165, 1.54) is 11.3 Å². The van der Waals surface area contributed by atoms with Crippen LogP contribution in [0.2, 0.25) is 0 Å². The summed E-state index contributed by atoms with van der Waals surface area (Å²) in [6, 6.07) is 7.41. The van der Waals surface area contributed by atoms with Gasteiger partial charge in [0.15, 0.2) is 0 Å². The molecule has 0 saturated carbocycles. The highest BCUT2D eigenvalue weighted by Crippen LogP contribution is 2.24. The van der Waals surface area contributed by atoms with E-state index in [1.54, 1.807) is 6.92 Å². The van der Waals surface area contributed by atoms with Crippen LogP contribution in [0.3, 0.4) is 0 Å². The molecule has 3 rings (SSSR count). The summed E-state index contributed by atoms with van der Waals surface area (Å²) < 4.78 is 0.